The number of hydrogen-bond donors (Lipinski definition) is 2. The van der Waals surface area contributed by atoms with Crippen molar-refractivity contribution in [1.82, 2.24) is 20.2 Å². The summed E-state index contributed by atoms with van der Waals surface area (Å²) < 4.78 is 0. The van der Waals surface area contributed by atoms with Crippen molar-refractivity contribution < 1.29 is 9.59 Å². The molecule has 5 aromatic rings. The van der Waals surface area contributed by atoms with Crippen molar-refractivity contribution in [1.29, 1.82) is 0 Å². The van der Waals surface area contributed by atoms with E-state index in [0.717, 1.165) is 53.5 Å². The highest BCUT2D eigenvalue weighted by atomic mass is 16.2. The van der Waals surface area contributed by atoms with Crippen LogP contribution >= 0.6 is 0 Å². The second kappa shape index (κ2) is 15.3. The van der Waals surface area contributed by atoms with Gasteiger partial charge >= 0.3 is 0 Å². The van der Waals surface area contributed by atoms with E-state index in [4.69, 9.17) is 9.97 Å². The molecule has 0 saturated heterocycles. The van der Waals surface area contributed by atoms with Crippen LogP contribution < -0.4 is 15.5 Å². The van der Waals surface area contributed by atoms with Crippen LogP contribution in [0.15, 0.2) is 109 Å². The van der Waals surface area contributed by atoms with Crippen LogP contribution in [0.1, 0.15) is 83.5 Å². The molecule has 0 bridgehead atoms. The molecule has 49 heavy (non-hydrogen) atoms. The minimum Gasteiger partial charge on any atom is -0.362 e. The summed E-state index contributed by atoms with van der Waals surface area (Å²) in [5.74, 6) is 1.52. The Kier molecular flexibility index (Phi) is 10.5. The number of benzene rings is 4. The zero-order valence-electron chi connectivity index (χ0n) is 28.8. The van der Waals surface area contributed by atoms with Crippen LogP contribution in [0.25, 0.3) is 10.9 Å². The normalized spacial score (nSPS) is 17.1. The maximum absolute atomic E-state index is 14.4. The zero-order valence-corrected chi connectivity index (χ0v) is 28.8. The number of anilines is 2. The standard InChI is InChI=1S/C41H46N6O2/c1-28(31-15-7-5-8-16-31)47(29(2)32-17-9-6-10-18-32)40(49)35-20-12-11-19-34(35)39(48)42-27-30-23-25-33(26-24-30)43-41-44-37-22-14-13-21-36(37)38(45-41)46(3)4/h5-22,28-30,33H,23-27H2,1-4H3,(H,42,48)(H,43,44,45)/t28-,29-,30-,33+/m1/s1. The number of carbonyl (C=O) groups is 2. The first kappa shape index (κ1) is 33.7. The van der Waals surface area contributed by atoms with Crippen LogP contribution in [0, 0.1) is 5.92 Å². The van der Waals surface area contributed by atoms with E-state index < -0.39 is 0 Å². The van der Waals surface area contributed by atoms with Gasteiger partial charge < -0.3 is 20.4 Å². The van der Waals surface area contributed by atoms with E-state index in [2.05, 4.69) is 16.7 Å². The molecule has 0 radical (unpaired) electrons. The van der Waals surface area contributed by atoms with Gasteiger partial charge in [-0.25, -0.2) is 4.98 Å². The van der Waals surface area contributed by atoms with Crippen molar-refractivity contribution in [2.45, 2.75) is 57.7 Å². The van der Waals surface area contributed by atoms with Gasteiger partial charge in [-0.2, -0.15) is 4.98 Å². The van der Waals surface area contributed by atoms with E-state index in [1.54, 1.807) is 12.1 Å². The molecule has 8 heteroatoms. The number of amides is 2. The lowest BCUT2D eigenvalue weighted by molar-refractivity contribution is 0.0600. The minimum atomic E-state index is -0.218. The molecule has 2 amide bonds. The first-order valence-corrected chi connectivity index (χ1v) is 17.3. The summed E-state index contributed by atoms with van der Waals surface area (Å²) >= 11 is 0. The number of nitrogens with zero attached hydrogens (tertiary/aromatic N) is 4. The molecule has 0 spiro atoms. The third-order valence-corrected chi connectivity index (χ3v) is 9.77. The molecule has 8 nitrogen and oxygen atoms in total. The van der Waals surface area contributed by atoms with Crippen molar-refractivity contribution in [3.8, 4) is 0 Å². The van der Waals surface area contributed by atoms with E-state index in [9.17, 15) is 9.59 Å². The predicted octanol–water partition coefficient (Wildman–Crippen LogP) is 8.06. The molecule has 0 unspecified atom stereocenters. The Bertz CT molecular complexity index is 1830. The van der Waals surface area contributed by atoms with Gasteiger partial charge in [-0.05, 0) is 80.8 Å². The summed E-state index contributed by atoms with van der Waals surface area (Å²) in [6.45, 7) is 4.66. The molecule has 1 heterocycles. The quantitative estimate of drug-likeness (QED) is 0.150. The van der Waals surface area contributed by atoms with Crippen molar-refractivity contribution >= 4 is 34.5 Å². The fourth-order valence-electron chi connectivity index (χ4n) is 6.97. The van der Waals surface area contributed by atoms with Gasteiger partial charge in [0.15, 0.2) is 0 Å². The molecule has 1 aromatic heterocycles. The van der Waals surface area contributed by atoms with Gasteiger partial charge in [-0.1, -0.05) is 84.9 Å². The van der Waals surface area contributed by atoms with Gasteiger partial charge in [0, 0.05) is 32.1 Å². The SMILES string of the molecule is C[C@H](c1ccccc1)N(C(=O)c1ccccc1C(=O)NC[C@H]1CC[C@@H](Nc2nc(N(C)C)c3ccccc3n2)CC1)[C@H](C)c1ccccc1. The molecule has 6 rings (SSSR count). The predicted molar refractivity (Wildman–Crippen MR) is 198 cm³/mol. The smallest absolute Gasteiger partial charge is 0.255 e. The summed E-state index contributed by atoms with van der Waals surface area (Å²) in [5, 5.41) is 7.77. The number of carbonyl (C=O) groups excluding carboxylic acids is 2. The molecular weight excluding hydrogens is 608 g/mol. The Morgan fingerprint density at radius 2 is 1.27 bits per heavy atom. The molecule has 1 aliphatic carbocycles. The highest BCUT2D eigenvalue weighted by Gasteiger charge is 2.31. The zero-order chi connectivity index (χ0) is 34.3. The van der Waals surface area contributed by atoms with Crippen LogP contribution in [0.3, 0.4) is 0 Å². The number of hydrogen-bond acceptors (Lipinski definition) is 6. The molecule has 4 aromatic carbocycles. The number of rotatable bonds is 11. The van der Waals surface area contributed by atoms with Crippen molar-refractivity contribution in [2.75, 3.05) is 30.9 Å². The van der Waals surface area contributed by atoms with Gasteiger partial charge in [0.2, 0.25) is 5.95 Å². The Morgan fingerprint density at radius 3 is 1.88 bits per heavy atom. The molecule has 2 atom stereocenters. The molecule has 0 aliphatic heterocycles. The Labute approximate surface area is 289 Å². The fourth-order valence-corrected chi connectivity index (χ4v) is 6.97. The molecule has 2 N–H and O–H groups in total. The van der Waals surface area contributed by atoms with E-state index in [1.807, 2.05) is 129 Å². The number of nitrogens with one attached hydrogen (secondary N) is 2. The fraction of sp³-hybridized carbons (Fsp3) is 0.317. The topological polar surface area (TPSA) is 90.5 Å². The highest BCUT2D eigenvalue weighted by molar-refractivity contribution is 6.07. The maximum atomic E-state index is 14.4. The monoisotopic (exact) mass is 654 g/mol. The number of aromatic nitrogens is 2. The lowest BCUT2D eigenvalue weighted by Gasteiger charge is -2.36. The van der Waals surface area contributed by atoms with E-state index in [0.29, 0.717) is 29.5 Å². The number of para-hydroxylation sites is 1. The third-order valence-electron chi connectivity index (χ3n) is 9.77. The lowest BCUT2D eigenvalue weighted by atomic mass is 9.86. The Morgan fingerprint density at radius 1 is 0.714 bits per heavy atom. The molecular formula is C41H46N6O2. The van der Waals surface area contributed by atoms with Crippen molar-refractivity contribution in [2.24, 2.45) is 5.92 Å². The first-order valence-electron chi connectivity index (χ1n) is 17.3. The second-order valence-electron chi connectivity index (χ2n) is 13.3. The summed E-state index contributed by atoms with van der Waals surface area (Å²) in [5.41, 5.74) is 3.81. The van der Waals surface area contributed by atoms with Crippen LogP contribution in [-0.4, -0.2) is 53.4 Å². The van der Waals surface area contributed by atoms with Crippen LogP contribution in [0.5, 0.6) is 0 Å². The maximum Gasteiger partial charge on any atom is 0.255 e. The van der Waals surface area contributed by atoms with Gasteiger partial charge in [0.05, 0.1) is 28.7 Å². The lowest BCUT2D eigenvalue weighted by Crippen LogP contribution is -2.38. The number of fused-ring (bicyclic) bond motifs is 1. The van der Waals surface area contributed by atoms with Crippen LogP contribution in [-0.2, 0) is 0 Å². The van der Waals surface area contributed by atoms with Crippen LogP contribution in [0.2, 0.25) is 0 Å². The Balaban J connectivity index is 1.11. The van der Waals surface area contributed by atoms with Crippen molar-refractivity contribution in [3.05, 3.63) is 131 Å². The van der Waals surface area contributed by atoms with Crippen molar-refractivity contribution in [3.63, 3.8) is 0 Å². The van der Waals surface area contributed by atoms with E-state index in [1.165, 1.54) is 0 Å². The first-order chi connectivity index (χ1) is 23.8. The summed E-state index contributed by atoms with van der Waals surface area (Å²) in [6.07, 6.45) is 3.88. The average molecular weight is 655 g/mol. The summed E-state index contributed by atoms with van der Waals surface area (Å²) in [4.78, 5) is 41.7. The molecule has 1 aliphatic rings. The Hall–Kier alpha value is -5.24. The largest absolute Gasteiger partial charge is 0.362 e. The summed E-state index contributed by atoms with van der Waals surface area (Å²) in [7, 11) is 4.00. The van der Waals surface area contributed by atoms with Gasteiger partial charge in [-0.15, -0.1) is 0 Å². The molecule has 252 valence electrons. The summed E-state index contributed by atoms with van der Waals surface area (Å²) in [6, 6.07) is 35.2. The molecule has 1 fully saturated rings. The minimum absolute atomic E-state index is 0.168. The second-order valence-corrected chi connectivity index (χ2v) is 13.3. The van der Waals surface area contributed by atoms with Gasteiger partial charge in [0.25, 0.3) is 11.8 Å². The van der Waals surface area contributed by atoms with Gasteiger partial charge in [0.1, 0.15) is 5.82 Å². The average Bonchev–Trinajstić information content (AvgIpc) is 3.14. The molecule has 1 saturated carbocycles. The van der Waals surface area contributed by atoms with Gasteiger partial charge in [-0.3, -0.25) is 9.59 Å². The third kappa shape index (κ3) is 7.75. The van der Waals surface area contributed by atoms with E-state index >= 15 is 0 Å². The van der Waals surface area contributed by atoms with Crippen LogP contribution in [0.4, 0.5) is 11.8 Å². The van der Waals surface area contributed by atoms with E-state index in [-0.39, 0.29) is 29.9 Å². The highest BCUT2D eigenvalue weighted by Crippen LogP contribution is 2.33.